The number of urea groups is 2. The third-order valence-electron chi connectivity index (χ3n) is 13.3. The second kappa shape index (κ2) is 20.1. The Morgan fingerprint density at radius 2 is 1.13 bits per heavy atom. The zero-order valence-electron chi connectivity index (χ0n) is 39.9. The van der Waals surface area contributed by atoms with Crippen molar-refractivity contribution in [3.8, 4) is 43.7 Å². The van der Waals surface area contributed by atoms with Crippen molar-refractivity contribution in [3.05, 3.63) is 132 Å². The van der Waals surface area contributed by atoms with Gasteiger partial charge in [0.05, 0.1) is 58.2 Å². The van der Waals surface area contributed by atoms with Crippen molar-refractivity contribution >= 4 is 91.2 Å². The Morgan fingerprint density at radius 1 is 0.573 bits per heavy atom. The molecule has 4 aliphatic rings. The number of amides is 4. The van der Waals surface area contributed by atoms with Crippen LogP contribution in [0.2, 0.25) is 5.02 Å². The molecule has 4 aromatic carbocycles. The second-order valence-corrected chi connectivity index (χ2v) is 20.3. The van der Waals surface area contributed by atoms with Crippen molar-refractivity contribution in [2.75, 3.05) is 113 Å². The Labute approximate surface area is 441 Å². The molecule has 75 heavy (non-hydrogen) atoms. The first-order valence-corrected chi connectivity index (χ1v) is 26.1. The minimum Gasteiger partial charge on any atom is -0.378 e. The zero-order chi connectivity index (χ0) is 51.3. The van der Waals surface area contributed by atoms with Gasteiger partial charge in [0.1, 0.15) is 29.1 Å². The molecule has 4 amide bonds. The summed E-state index contributed by atoms with van der Waals surface area (Å²) in [4.78, 5) is 68.8. The number of aromatic nitrogens is 6. The second-order valence-electron chi connectivity index (χ2n) is 17.9. The van der Waals surface area contributed by atoms with E-state index in [1.165, 1.54) is 46.9 Å². The van der Waals surface area contributed by atoms with E-state index in [-0.39, 0.29) is 34.8 Å². The largest absolute Gasteiger partial charge is 0.378 e. The maximum absolute atomic E-state index is 14.0. The van der Waals surface area contributed by atoms with Gasteiger partial charge in [0.25, 0.3) is 0 Å². The van der Waals surface area contributed by atoms with Crippen LogP contribution in [0.1, 0.15) is 11.8 Å². The molecule has 8 heterocycles. The number of hydrogen-bond acceptors (Lipinski definition) is 16. The Kier molecular flexibility index (Phi) is 12.9. The standard InChI is InChI=1S/C52H45ClF2N14O4S2/c53-37-27-36(11-12-38(37)55)69-18-17-68(52(69)71)35-6-2-4-31(26-35)46-44(63-49(74-46)64-19-22-72-23-20-64)41-28-40(60-48(57)61-41)42-29-65(21-24-73-42)50-62-43(39-13-14-58-47(56)59-39)45(75-50)30-3-1-5-34(25-30)67-16-15-66(51(67)70)33-9-7-32(54)8-10-33/h1-14,25-28,42H,15-24,29H2,(H2,56,58,59)(H2,57,60,61). The fraction of sp³-hybridized carbons (Fsp3) is 0.231. The van der Waals surface area contributed by atoms with E-state index in [1.54, 1.807) is 50.1 Å². The summed E-state index contributed by atoms with van der Waals surface area (Å²) in [5, 5.41) is 1.44. The van der Waals surface area contributed by atoms with E-state index in [4.69, 9.17) is 52.5 Å². The highest BCUT2D eigenvalue weighted by atomic mass is 35.5. The molecule has 0 bridgehead atoms. The molecule has 4 saturated heterocycles. The maximum atomic E-state index is 14.0. The number of morpholine rings is 2. The van der Waals surface area contributed by atoms with Crippen molar-refractivity contribution in [1.82, 2.24) is 29.9 Å². The van der Waals surface area contributed by atoms with Crippen molar-refractivity contribution < 1.29 is 27.8 Å². The molecule has 0 aliphatic carbocycles. The molecule has 4 N–H and O–H groups in total. The summed E-state index contributed by atoms with van der Waals surface area (Å²) in [6.07, 6.45) is 1.04. The average Bonchev–Trinajstić information content (AvgIpc) is 4.27. The maximum Gasteiger partial charge on any atom is 0.329 e. The fourth-order valence-electron chi connectivity index (χ4n) is 9.60. The lowest BCUT2D eigenvalue weighted by molar-refractivity contribution is 0.0371. The molecule has 4 aromatic heterocycles. The minimum atomic E-state index is -0.554. The third-order valence-corrected chi connectivity index (χ3v) is 15.9. The number of ether oxygens (including phenoxy) is 2. The summed E-state index contributed by atoms with van der Waals surface area (Å²) in [5.74, 6) is -0.777. The van der Waals surface area contributed by atoms with Gasteiger partial charge < -0.3 is 30.7 Å². The first-order valence-electron chi connectivity index (χ1n) is 24.1. The molecule has 4 fully saturated rings. The number of thiazole rings is 2. The van der Waals surface area contributed by atoms with Crippen molar-refractivity contribution in [3.63, 3.8) is 0 Å². The van der Waals surface area contributed by atoms with Crippen LogP contribution in [0.25, 0.3) is 43.7 Å². The van der Waals surface area contributed by atoms with Crippen LogP contribution in [0.4, 0.5) is 63.3 Å². The van der Waals surface area contributed by atoms with E-state index in [2.05, 4.69) is 19.8 Å². The Morgan fingerprint density at radius 3 is 1.76 bits per heavy atom. The van der Waals surface area contributed by atoms with E-state index in [9.17, 15) is 18.4 Å². The predicted molar refractivity (Wildman–Crippen MR) is 288 cm³/mol. The fourth-order valence-corrected chi connectivity index (χ4v) is 12.0. The molecule has 8 aromatic rings. The van der Waals surface area contributed by atoms with Gasteiger partial charge in [0, 0.05) is 74.8 Å². The summed E-state index contributed by atoms with van der Waals surface area (Å²) < 4.78 is 39.9. The van der Waals surface area contributed by atoms with Gasteiger partial charge in [-0.25, -0.2) is 48.3 Å². The molecular formula is C52H45ClF2N14O4S2. The summed E-state index contributed by atoms with van der Waals surface area (Å²) >= 11 is 9.10. The topological polar surface area (TPSA) is 201 Å². The number of rotatable bonds is 11. The lowest BCUT2D eigenvalue weighted by atomic mass is 10.1. The first kappa shape index (κ1) is 48.1. The number of benzene rings is 4. The van der Waals surface area contributed by atoms with E-state index in [0.29, 0.717) is 129 Å². The summed E-state index contributed by atoms with van der Waals surface area (Å²) in [7, 11) is 0. The first-order chi connectivity index (χ1) is 36.5. The summed E-state index contributed by atoms with van der Waals surface area (Å²) in [6.45, 7) is 5.36. The van der Waals surface area contributed by atoms with Gasteiger partial charge in [0.2, 0.25) is 11.9 Å². The molecule has 18 nitrogen and oxygen atoms in total. The molecule has 1 atom stereocenters. The van der Waals surface area contributed by atoms with E-state index in [0.717, 1.165) is 26.0 Å². The van der Waals surface area contributed by atoms with Gasteiger partial charge in [-0.3, -0.25) is 19.6 Å². The smallest absolute Gasteiger partial charge is 0.329 e. The number of carbonyl (C=O) groups excluding carboxylic acids is 2. The van der Waals surface area contributed by atoms with Crippen LogP contribution >= 0.6 is 34.3 Å². The number of halogens is 3. The number of carbonyl (C=O) groups is 2. The predicted octanol–water partition coefficient (Wildman–Crippen LogP) is 9.25. The van der Waals surface area contributed by atoms with Crippen LogP contribution in [0, 0.1) is 11.6 Å². The molecule has 1 unspecified atom stereocenters. The van der Waals surface area contributed by atoms with Gasteiger partial charge in [-0.05, 0) is 90.0 Å². The number of nitrogens with zero attached hydrogens (tertiary/aromatic N) is 12. The zero-order valence-corrected chi connectivity index (χ0v) is 42.2. The third kappa shape index (κ3) is 9.50. The number of nitrogens with two attached hydrogens (primary N) is 2. The van der Waals surface area contributed by atoms with Crippen LogP contribution in [-0.2, 0) is 9.47 Å². The van der Waals surface area contributed by atoms with Gasteiger partial charge in [-0.2, -0.15) is 0 Å². The average molecular weight is 1070 g/mol. The van der Waals surface area contributed by atoms with Crippen molar-refractivity contribution in [1.29, 1.82) is 0 Å². The number of nitrogen functional groups attached to an aromatic ring is 2. The van der Waals surface area contributed by atoms with Crippen LogP contribution < -0.4 is 40.9 Å². The molecule has 0 spiro atoms. The number of hydrogen-bond donors (Lipinski definition) is 2. The van der Waals surface area contributed by atoms with E-state index in [1.807, 2.05) is 54.6 Å². The monoisotopic (exact) mass is 1070 g/mol. The normalized spacial score (nSPS) is 17.2. The highest BCUT2D eigenvalue weighted by molar-refractivity contribution is 7.19. The van der Waals surface area contributed by atoms with Crippen LogP contribution in [-0.4, -0.2) is 114 Å². The highest BCUT2D eigenvalue weighted by Crippen LogP contribution is 2.45. The van der Waals surface area contributed by atoms with E-state index >= 15 is 0 Å². The molecule has 0 saturated carbocycles. The van der Waals surface area contributed by atoms with Gasteiger partial charge in [0.15, 0.2) is 10.3 Å². The highest BCUT2D eigenvalue weighted by Gasteiger charge is 2.34. The number of anilines is 8. The molecule has 23 heteroatoms. The Balaban J connectivity index is 0.846. The van der Waals surface area contributed by atoms with Crippen molar-refractivity contribution in [2.24, 2.45) is 0 Å². The van der Waals surface area contributed by atoms with Gasteiger partial charge >= 0.3 is 12.1 Å². The van der Waals surface area contributed by atoms with Gasteiger partial charge in [-0.1, -0.05) is 58.5 Å². The lowest BCUT2D eigenvalue weighted by Crippen LogP contribution is -2.38. The summed E-state index contributed by atoms with van der Waals surface area (Å²) in [6, 6.07) is 28.8. The molecular weight excluding hydrogens is 1020 g/mol. The minimum absolute atomic E-state index is 0.0461. The molecule has 4 aliphatic heterocycles. The Hall–Kier alpha value is -7.89. The SMILES string of the molecule is Nc1nccc(-c2nc(N3CCOC(c4cc(-c5nc(N6CCOCC6)sc5-c5cccc(N6CCN(c7ccc(F)c(Cl)c7)C6=O)c5)nc(N)n4)C3)sc2-c2cccc(N3CCN(c4ccc(F)cc4)C3=O)c2)n1. The molecule has 12 rings (SSSR count). The van der Waals surface area contributed by atoms with E-state index < -0.39 is 11.9 Å². The summed E-state index contributed by atoms with van der Waals surface area (Å²) in [5.41, 5.74) is 19.6. The molecule has 380 valence electrons. The molecule has 0 radical (unpaired) electrons. The van der Waals surface area contributed by atoms with Crippen molar-refractivity contribution in [2.45, 2.75) is 6.10 Å². The quantitative estimate of drug-likeness (QED) is 0.124. The van der Waals surface area contributed by atoms with Crippen LogP contribution in [0.5, 0.6) is 0 Å². The van der Waals surface area contributed by atoms with Gasteiger partial charge in [-0.15, -0.1) is 0 Å². The lowest BCUT2D eigenvalue weighted by Gasteiger charge is -2.32. The Bertz CT molecular complexity index is 3490. The van der Waals surface area contributed by atoms with Crippen LogP contribution in [0.15, 0.2) is 109 Å². The van der Waals surface area contributed by atoms with Crippen LogP contribution in [0.3, 0.4) is 0 Å².